The van der Waals surface area contributed by atoms with Crippen molar-refractivity contribution in [3.05, 3.63) is 226 Å². The standard InChI is InChI=1S/C29H33N5O3.C27H31N5O3.C26H30N6O3.C26H30N6O2.6Co/c1-35-25-11-24(12-26(14-25)36-2)34(18-20-3-4-20)23-5-6-27-28(13-23)32-29(16-30-27)22-15-31-33(19-22)17-21-7-9-37-10-8-21;1-4-10-31(21-12-22(33-2)15-23(13-21)34-3)20-8-9-24-25(14-20)30-26(17-28-24)19-16-29-32(18-19)27-7-5-6-11-35-27;1-4-5-8-32(21-11-18(26(34)27-2)12-22(13-21)35-3)20-6-7-23-24(14-20)30-25(16-28-23)19-15-29-31(17-19)9-10-33;1-27-8-9-31-17-19(14-29-31)26-15-28-24-7-6-20(12-25(24)30-26)32(16-18-4-5-18)21-10-22(33-2)13-23(11-21)34-3;;;;;;/h5-6,11-16,19-21H,3-4,7-10,17-18H2,1-2H3;8-9,12-18,27H,4-7,10-11H2,1-3H3;6-7,11-17,33H,4-5,8-10H2,1-3H3,(H,27,34);6-7,10-15,17-18,27H,4-5,8-9,16H2,1-3H3;;;;;;. The number of ether oxygens (including phenoxy) is 9. The number of amides is 1. The van der Waals surface area contributed by atoms with Crippen LogP contribution in [-0.4, -0.2) is 213 Å². The maximum atomic E-state index is 12.4. The monoisotopic (exact) mass is 2260 g/mol. The van der Waals surface area contributed by atoms with Crippen LogP contribution in [0.5, 0.6) is 40.2 Å². The van der Waals surface area contributed by atoms with Crippen LogP contribution in [0.2, 0.25) is 0 Å². The summed E-state index contributed by atoms with van der Waals surface area (Å²) < 4.78 is 57.5. The first-order valence-corrected chi connectivity index (χ1v) is 48.4. The minimum absolute atomic E-state index is 0. The number of nitrogens with one attached hydrogen (secondary N) is 2. The zero-order chi connectivity index (χ0) is 97.7. The van der Waals surface area contributed by atoms with Gasteiger partial charge in [-0.15, -0.1) is 0 Å². The van der Waals surface area contributed by atoms with Gasteiger partial charge in [0, 0.05) is 326 Å². The molecule has 4 fully saturated rings. The summed E-state index contributed by atoms with van der Waals surface area (Å²) >= 11 is 0. The molecule has 1 amide bonds. The largest absolute Gasteiger partial charge is 0.497 e. The van der Waals surface area contributed by atoms with Gasteiger partial charge in [0.15, 0.2) is 0 Å². The minimum atomic E-state index is -0.170. The van der Waals surface area contributed by atoms with Crippen LogP contribution in [-0.2, 0) is 130 Å². The average Bonchev–Trinajstić information content (AvgIpc) is 1.76. The molecule has 2 aliphatic heterocycles. The Hall–Kier alpha value is -11.9. The molecule has 39 heteroatoms. The van der Waals surface area contributed by atoms with Crippen molar-refractivity contribution >= 4 is 95.5 Å². The fourth-order valence-electron chi connectivity index (χ4n) is 17.3. The Balaban J connectivity index is 0.000000184. The average molecular weight is 2260 g/mol. The number of nitrogens with zero attached hydrogens (tertiary/aromatic N) is 20. The van der Waals surface area contributed by atoms with Gasteiger partial charge in [-0.2, -0.15) is 20.4 Å². The van der Waals surface area contributed by atoms with Crippen molar-refractivity contribution in [3.8, 4) is 85.3 Å². The van der Waals surface area contributed by atoms with E-state index in [-0.39, 0.29) is 119 Å². The summed E-state index contributed by atoms with van der Waals surface area (Å²) in [5.41, 5.74) is 22.2. The number of aromatic nitrogens is 16. The Labute approximate surface area is 919 Å². The van der Waals surface area contributed by atoms with E-state index < -0.39 is 0 Å². The van der Waals surface area contributed by atoms with Crippen molar-refractivity contribution in [3.63, 3.8) is 0 Å². The van der Waals surface area contributed by atoms with Crippen LogP contribution in [0.3, 0.4) is 0 Å². The number of benzene rings is 8. The Kier molecular flexibility index (Phi) is 43.9. The van der Waals surface area contributed by atoms with Crippen LogP contribution in [0.15, 0.2) is 220 Å². The molecule has 2 saturated carbocycles. The van der Waals surface area contributed by atoms with E-state index in [2.05, 4.69) is 146 Å². The third-order valence-corrected chi connectivity index (χ3v) is 25.5. The molecule has 16 aromatic rings. The molecule has 10 heterocycles. The molecule has 2 aliphatic carbocycles. The molecule has 8 aromatic heterocycles. The van der Waals surface area contributed by atoms with Gasteiger partial charge in [0.25, 0.3) is 5.91 Å². The normalized spacial score (nSPS) is 13.5. The molecular weight excluding hydrogens is 2130 g/mol. The van der Waals surface area contributed by atoms with Crippen molar-refractivity contribution in [2.45, 2.75) is 117 Å². The Morgan fingerprint density at radius 1 is 0.381 bits per heavy atom. The predicted octanol–water partition coefficient (Wildman–Crippen LogP) is 19.3. The second kappa shape index (κ2) is 55.9. The molecule has 4 aliphatic rings. The minimum Gasteiger partial charge on any atom is -0.497 e. The number of aliphatic hydroxyl groups excluding tert-OH is 1. The molecular formula is C108H124Co6N22O11. The van der Waals surface area contributed by atoms with Gasteiger partial charge in [-0.3, -0.25) is 38.8 Å². The molecule has 0 bridgehead atoms. The first-order valence-electron chi connectivity index (χ1n) is 48.4. The van der Waals surface area contributed by atoms with Crippen LogP contribution in [0.4, 0.5) is 45.5 Å². The summed E-state index contributed by atoms with van der Waals surface area (Å²) in [6, 6.07) is 48.2. The smallest absolute Gasteiger partial charge is 0.251 e. The summed E-state index contributed by atoms with van der Waals surface area (Å²) in [7, 11) is 15.2. The molecule has 8 aromatic carbocycles. The van der Waals surface area contributed by atoms with E-state index >= 15 is 0 Å². The van der Waals surface area contributed by atoms with Crippen LogP contribution in [0, 0.1) is 17.8 Å². The second-order valence-electron chi connectivity index (χ2n) is 35.5. The van der Waals surface area contributed by atoms with Gasteiger partial charge in [-0.05, 0) is 180 Å². The summed E-state index contributed by atoms with van der Waals surface area (Å²) in [5.74, 6) is 7.03. The molecule has 2 saturated heterocycles. The van der Waals surface area contributed by atoms with Crippen molar-refractivity contribution in [1.82, 2.24) is 89.6 Å². The van der Waals surface area contributed by atoms with Gasteiger partial charge in [-0.25, -0.2) is 24.6 Å². The molecule has 33 nitrogen and oxygen atoms in total. The van der Waals surface area contributed by atoms with Gasteiger partial charge in [0.1, 0.15) is 46.5 Å². The van der Waals surface area contributed by atoms with Crippen LogP contribution in [0.1, 0.15) is 107 Å². The number of methoxy groups -OCH3 is 7. The Bertz CT molecular complexity index is 6880. The number of hydrogen-bond donors (Lipinski definition) is 3. The van der Waals surface area contributed by atoms with Crippen LogP contribution in [0.25, 0.3) is 89.2 Å². The molecule has 1 unspecified atom stereocenters. The van der Waals surface area contributed by atoms with Crippen LogP contribution < -0.4 is 63.4 Å². The third kappa shape index (κ3) is 29.8. The zero-order valence-corrected chi connectivity index (χ0v) is 90.3. The molecule has 20 rings (SSSR count). The van der Waals surface area contributed by atoms with Gasteiger partial charge in [-0.1, -0.05) is 20.3 Å². The third-order valence-electron chi connectivity index (χ3n) is 25.5. The van der Waals surface area contributed by atoms with Crippen molar-refractivity contribution in [2.24, 2.45) is 17.8 Å². The number of likely N-dealkylation sites (N-methyl/N-ethyl adjacent to an activating group) is 1. The maximum Gasteiger partial charge on any atom is 0.251 e. The van der Waals surface area contributed by atoms with Crippen molar-refractivity contribution in [1.29, 1.82) is 0 Å². The summed E-state index contributed by atoms with van der Waals surface area (Å²) in [6.07, 6.45) is 35.9. The number of unbranched alkanes of at least 4 members (excludes halogenated alkanes) is 1. The quantitative estimate of drug-likeness (QED) is 0.0326. The fraction of sp³-hybridized carbons (Fsp3) is 0.361. The second-order valence-corrected chi connectivity index (χ2v) is 35.5. The van der Waals surface area contributed by atoms with Crippen molar-refractivity contribution in [2.75, 3.05) is 143 Å². The van der Waals surface area contributed by atoms with E-state index in [4.69, 9.17) is 72.7 Å². The zero-order valence-electron chi connectivity index (χ0n) is 84.0. The van der Waals surface area contributed by atoms with Gasteiger partial charge >= 0.3 is 0 Å². The van der Waals surface area contributed by atoms with Crippen LogP contribution >= 0.6 is 0 Å². The Morgan fingerprint density at radius 3 is 1.14 bits per heavy atom. The molecule has 147 heavy (non-hydrogen) atoms. The molecule has 6 radical (unpaired) electrons. The van der Waals surface area contributed by atoms with E-state index in [1.54, 1.807) is 80.0 Å². The fourth-order valence-corrected chi connectivity index (χ4v) is 17.3. The Morgan fingerprint density at radius 2 is 0.755 bits per heavy atom. The number of hydrogen-bond acceptors (Lipinski definition) is 28. The first-order chi connectivity index (χ1) is 69.1. The van der Waals surface area contributed by atoms with E-state index in [1.165, 1.54) is 25.7 Å². The number of rotatable bonds is 37. The SMILES string of the molecule is CCCCN(c1cc(OC)cc(C(=O)NC)c1)c1ccc2ncc(-c3cnn(CCO)c3)nc2c1.CCCN(c1cc(OC)cc(OC)c1)c1ccc2ncc(-c3cnn(C4CCCCO4)c3)nc2c1.CNCCn1cc(-c2cnc3ccc(N(CC4CC4)c4cc(OC)cc(OC)c4)cc3n2)cn1.COc1cc(OC)cc(N(CC2CC2)c2ccc3ncc(-c4cnn(CC5CCOCC5)c4)nc3c2)c1.[Co].[Co].[Co].[Co].[Co].[Co]. The maximum absolute atomic E-state index is 12.4. The summed E-state index contributed by atoms with van der Waals surface area (Å²) in [4.78, 5) is 59.8. The molecule has 0 spiro atoms. The first kappa shape index (κ1) is 115. The van der Waals surface area contributed by atoms with E-state index in [9.17, 15) is 4.79 Å². The number of fused-ring (bicyclic) bond motifs is 4. The molecule has 3 N–H and O–H groups in total. The van der Waals surface area contributed by atoms with Crippen molar-refractivity contribution < 1.29 is 153 Å². The van der Waals surface area contributed by atoms with Gasteiger partial charge in [0.2, 0.25) is 0 Å². The van der Waals surface area contributed by atoms with E-state index in [0.717, 1.165) is 280 Å². The van der Waals surface area contributed by atoms with E-state index in [1.807, 2.05) is 156 Å². The topological polar surface area (TPSA) is 332 Å². The van der Waals surface area contributed by atoms with Gasteiger partial charge in [0.05, 0.1) is 186 Å². The van der Waals surface area contributed by atoms with Gasteiger partial charge < -0.3 is 78.0 Å². The van der Waals surface area contributed by atoms with E-state index in [0.29, 0.717) is 41.3 Å². The summed E-state index contributed by atoms with van der Waals surface area (Å²) in [6.45, 7) is 13.3. The number of aliphatic hydroxyl groups is 1. The molecule has 786 valence electrons. The number of carbonyl (C=O) groups is 1. The summed E-state index contributed by atoms with van der Waals surface area (Å²) in [5, 5.41) is 32.8. The molecule has 1 atom stereocenters. The number of carbonyl (C=O) groups excluding carboxylic acids is 1. The predicted molar refractivity (Wildman–Crippen MR) is 550 cm³/mol. The number of anilines is 8.